The molecule has 1 aliphatic rings. The van der Waals surface area contributed by atoms with Crippen molar-refractivity contribution >= 4 is 22.0 Å². The molecular weight excluding hydrogens is 278 g/mol. The van der Waals surface area contributed by atoms with Crippen molar-refractivity contribution in [1.82, 2.24) is 14.7 Å². The van der Waals surface area contributed by atoms with Crippen LogP contribution in [0.4, 0.5) is 5.95 Å². The molecule has 8 heteroatoms. The van der Waals surface area contributed by atoms with Crippen molar-refractivity contribution in [2.75, 3.05) is 19.0 Å². The van der Waals surface area contributed by atoms with Gasteiger partial charge in [-0.05, 0) is 18.9 Å². The summed E-state index contributed by atoms with van der Waals surface area (Å²) in [6.45, 7) is 0. The van der Waals surface area contributed by atoms with Crippen molar-refractivity contribution in [2.24, 2.45) is 0 Å². The SMILES string of the molecule is CN(C)c1ncc(/C=C(\C#N)S(=O)(=O)NC2CC2)cn1. The first-order valence-electron chi connectivity index (χ1n) is 6.06. The summed E-state index contributed by atoms with van der Waals surface area (Å²) in [6.07, 6.45) is 5.86. The summed E-state index contributed by atoms with van der Waals surface area (Å²) in [5, 5.41) is 9.01. The predicted molar refractivity (Wildman–Crippen MR) is 75.0 cm³/mol. The molecule has 1 saturated carbocycles. The molecule has 0 aliphatic heterocycles. The lowest BCUT2D eigenvalue weighted by Crippen LogP contribution is -2.26. The fourth-order valence-corrected chi connectivity index (χ4v) is 2.65. The van der Waals surface area contributed by atoms with Crippen molar-refractivity contribution in [3.05, 3.63) is 22.9 Å². The van der Waals surface area contributed by atoms with E-state index in [0.29, 0.717) is 11.5 Å². The maximum absolute atomic E-state index is 11.9. The van der Waals surface area contributed by atoms with E-state index in [2.05, 4.69) is 14.7 Å². The van der Waals surface area contributed by atoms with Crippen LogP contribution in [0, 0.1) is 11.3 Å². The highest BCUT2D eigenvalue weighted by molar-refractivity contribution is 7.93. The third-order valence-corrected chi connectivity index (χ3v) is 4.09. The molecule has 0 bridgehead atoms. The molecule has 0 unspecified atom stereocenters. The van der Waals surface area contributed by atoms with Gasteiger partial charge in [0.15, 0.2) is 4.91 Å². The smallest absolute Gasteiger partial charge is 0.250 e. The fourth-order valence-electron chi connectivity index (χ4n) is 1.44. The summed E-state index contributed by atoms with van der Waals surface area (Å²) >= 11 is 0. The zero-order chi connectivity index (χ0) is 14.8. The van der Waals surface area contributed by atoms with Gasteiger partial charge < -0.3 is 4.90 Å². The first-order valence-corrected chi connectivity index (χ1v) is 7.54. The second kappa shape index (κ2) is 5.56. The largest absolute Gasteiger partial charge is 0.347 e. The van der Waals surface area contributed by atoms with E-state index in [1.807, 2.05) is 0 Å². The zero-order valence-corrected chi connectivity index (χ0v) is 12.1. The van der Waals surface area contributed by atoms with Gasteiger partial charge in [-0.25, -0.2) is 23.1 Å². The lowest BCUT2D eigenvalue weighted by molar-refractivity contribution is 0.589. The second-order valence-corrected chi connectivity index (χ2v) is 6.41. The van der Waals surface area contributed by atoms with Gasteiger partial charge in [-0.1, -0.05) is 0 Å². The lowest BCUT2D eigenvalue weighted by Gasteiger charge is -2.09. The highest BCUT2D eigenvalue weighted by Gasteiger charge is 2.29. The molecule has 1 fully saturated rings. The predicted octanol–water partition coefficient (Wildman–Crippen LogP) is 0.489. The number of nitrogens with one attached hydrogen (secondary N) is 1. The molecule has 0 radical (unpaired) electrons. The van der Waals surface area contributed by atoms with Crippen LogP contribution >= 0.6 is 0 Å². The van der Waals surface area contributed by atoms with E-state index in [0.717, 1.165) is 12.8 Å². The van der Waals surface area contributed by atoms with E-state index < -0.39 is 10.0 Å². The number of sulfonamides is 1. The third-order valence-electron chi connectivity index (χ3n) is 2.65. The molecule has 0 spiro atoms. The van der Waals surface area contributed by atoms with E-state index in [1.165, 1.54) is 18.5 Å². The Labute approximate surface area is 118 Å². The van der Waals surface area contributed by atoms with Crippen molar-refractivity contribution in [1.29, 1.82) is 5.26 Å². The summed E-state index contributed by atoms with van der Waals surface area (Å²) in [5.41, 5.74) is 0.466. The molecule has 7 nitrogen and oxygen atoms in total. The van der Waals surface area contributed by atoms with Crippen LogP contribution in [0.3, 0.4) is 0 Å². The summed E-state index contributed by atoms with van der Waals surface area (Å²) in [7, 11) is -0.147. The van der Waals surface area contributed by atoms with Crippen molar-refractivity contribution in [3.63, 3.8) is 0 Å². The molecule has 1 N–H and O–H groups in total. The van der Waals surface area contributed by atoms with Gasteiger partial charge in [-0.3, -0.25) is 0 Å². The van der Waals surface area contributed by atoms with Crippen molar-refractivity contribution < 1.29 is 8.42 Å². The molecule has 1 aromatic heterocycles. The Hall–Kier alpha value is -1.98. The summed E-state index contributed by atoms with van der Waals surface area (Å²) in [5.74, 6) is 0.514. The fraction of sp³-hybridized carbons (Fsp3) is 0.417. The molecule has 0 aromatic carbocycles. The van der Waals surface area contributed by atoms with E-state index in [-0.39, 0.29) is 10.9 Å². The highest BCUT2D eigenvalue weighted by Crippen LogP contribution is 2.22. The van der Waals surface area contributed by atoms with Gasteiger partial charge in [0.1, 0.15) is 6.07 Å². The van der Waals surface area contributed by atoms with Crippen molar-refractivity contribution in [3.8, 4) is 6.07 Å². The Kier molecular flexibility index (Phi) is 4.01. The highest BCUT2D eigenvalue weighted by atomic mass is 32.2. The Bertz CT molecular complexity index is 654. The molecule has 1 heterocycles. The van der Waals surface area contributed by atoms with Crippen LogP contribution < -0.4 is 9.62 Å². The molecule has 2 rings (SSSR count). The zero-order valence-electron chi connectivity index (χ0n) is 11.2. The number of nitrogens with zero attached hydrogens (tertiary/aromatic N) is 4. The number of hydrogen-bond acceptors (Lipinski definition) is 6. The Morgan fingerprint density at radius 3 is 2.50 bits per heavy atom. The minimum Gasteiger partial charge on any atom is -0.347 e. The first-order chi connectivity index (χ1) is 9.42. The number of hydrogen-bond donors (Lipinski definition) is 1. The number of rotatable bonds is 5. The lowest BCUT2D eigenvalue weighted by atomic mass is 10.3. The molecule has 106 valence electrons. The topological polar surface area (TPSA) is 99.0 Å². The summed E-state index contributed by atoms with van der Waals surface area (Å²) in [6, 6.07) is 1.67. The Morgan fingerprint density at radius 1 is 1.45 bits per heavy atom. The van der Waals surface area contributed by atoms with Gasteiger partial charge >= 0.3 is 0 Å². The Morgan fingerprint density at radius 2 is 2.05 bits per heavy atom. The van der Waals surface area contributed by atoms with Crippen LogP contribution in [0.15, 0.2) is 17.3 Å². The van der Waals surface area contributed by atoms with E-state index >= 15 is 0 Å². The van der Waals surface area contributed by atoms with Gasteiger partial charge in [0, 0.05) is 38.1 Å². The maximum atomic E-state index is 11.9. The minimum absolute atomic E-state index is 0.0379. The van der Waals surface area contributed by atoms with Gasteiger partial charge in [0.25, 0.3) is 10.0 Å². The van der Waals surface area contributed by atoms with E-state index in [9.17, 15) is 8.42 Å². The monoisotopic (exact) mass is 293 g/mol. The third kappa shape index (κ3) is 3.53. The maximum Gasteiger partial charge on any atom is 0.250 e. The normalized spacial score (nSPS) is 15.8. The number of anilines is 1. The van der Waals surface area contributed by atoms with E-state index in [4.69, 9.17) is 5.26 Å². The second-order valence-electron chi connectivity index (χ2n) is 4.73. The number of allylic oxidation sites excluding steroid dienone is 1. The number of nitriles is 1. The van der Waals surface area contributed by atoms with E-state index in [1.54, 1.807) is 25.1 Å². The van der Waals surface area contributed by atoms with Gasteiger partial charge in [0.05, 0.1) is 0 Å². The van der Waals surface area contributed by atoms with Crippen LogP contribution in [0.25, 0.3) is 6.08 Å². The minimum atomic E-state index is -3.75. The average molecular weight is 293 g/mol. The summed E-state index contributed by atoms with van der Waals surface area (Å²) in [4.78, 5) is 9.53. The molecule has 0 amide bonds. The van der Waals surface area contributed by atoms with Crippen LogP contribution in [0.5, 0.6) is 0 Å². The average Bonchev–Trinajstić information content (AvgIpc) is 3.19. The Balaban J connectivity index is 2.24. The van der Waals surface area contributed by atoms with Gasteiger partial charge in [0.2, 0.25) is 5.95 Å². The van der Waals surface area contributed by atoms with Crippen LogP contribution in [-0.4, -0.2) is 38.5 Å². The molecular formula is C12H15N5O2S. The van der Waals surface area contributed by atoms with Gasteiger partial charge in [-0.2, -0.15) is 5.26 Å². The van der Waals surface area contributed by atoms with Crippen LogP contribution in [0.1, 0.15) is 18.4 Å². The first kappa shape index (κ1) is 14.4. The van der Waals surface area contributed by atoms with Crippen LogP contribution in [-0.2, 0) is 10.0 Å². The van der Waals surface area contributed by atoms with Gasteiger partial charge in [-0.15, -0.1) is 0 Å². The summed E-state index contributed by atoms with van der Waals surface area (Å²) < 4.78 is 26.3. The standard InChI is InChI=1S/C12H15N5O2S/c1-17(2)12-14-7-9(8-15-12)5-11(6-13)20(18,19)16-10-3-4-10/h5,7-8,10,16H,3-4H2,1-2H3/b11-5+. The van der Waals surface area contributed by atoms with Crippen LogP contribution in [0.2, 0.25) is 0 Å². The molecule has 0 saturated heterocycles. The molecule has 1 aromatic rings. The van der Waals surface area contributed by atoms with Crippen molar-refractivity contribution in [2.45, 2.75) is 18.9 Å². The molecule has 0 atom stereocenters. The molecule has 20 heavy (non-hydrogen) atoms. The molecule has 1 aliphatic carbocycles. The number of aromatic nitrogens is 2. The quantitative estimate of drug-likeness (QED) is 0.793.